The Hall–Kier alpha value is -2.84. The van der Waals surface area contributed by atoms with Gasteiger partial charge >= 0.3 is 5.92 Å². The molecule has 2 amide bonds. The second kappa shape index (κ2) is 7.05. The molecule has 0 aliphatic rings. The molecule has 6 nitrogen and oxygen atoms in total. The fourth-order valence-electron chi connectivity index (χ4n) is 2.34. The molecular formula is C18H21F3N4O2. The monoisotopic (exact) mass is 382 g/mol. The molecule has 0 atom stereocenters. The maximum absolute atomic E-state index is 14.7. The number of aryl methyl sites for hydroxylation is 2. The van der Waals surface area contributed by atoms with Crippen molar-refractivity contribution in [2.75, 3.05) is 5.32 Å². The van der Waals surface area contributed by atoms with Crippen LogP contribution in [-0.2, 0) is 17.8 Å². The largest absolute Gasteiger partial charge is 0.353 e. The first-order chi connectivity index (χ1) is 12.3. The lowest BCUT2D eigenvalue weighted by Crippen LogP contribution is -2.48. The van der Waals surface area contributed by atoms with Crippen LogP contribution in [-0.4, -0.2) is 27.1 Å². The average molecular weight is 382 g/mol. The highest BCUT2D eigenvalue weighted by Gasteiger charge is 2.46. The first-order valence-corrected chi connectivity index (χ1v) is 8.13. The number of aromatic nitrogens is 2. The maximum Gasteiger partial charge on any atom is 0.353 e. The van der Waals surface area contributed by atoms with Gasteiger partial charge in [-0.3, -0.25) is 14.3 Å². The molecule has 2 aromatic rings. The highest BCUT2D eigenvalue weighted by Crippen LogP contribution is 2.31. The molecule has 2 rings (SSSR count). The molecule has 9 heteroatoms. The molecule has 0 radical (unpaired) electrons. The summed E-state index contributed by atoms with van der Waals surface area (Å²) in [5.41, 5.74) is -1.78. The molecule has 0 aliphatic heterocycles. The molecule has 1 heterocycles. The van der Waals surface area contributed by atoms with Crippen LogP contribution in [0, 0.1) is 12.7 Å². The van der Waals surface area contributed by atoms with E-state index in [4.69, 9.17) is 0 Å². The Bertz CT molecular complexity index is 885. The fourth-order valence-corrected chi connectivity index (χ4v) is 2.34. The predicted molar refractivity (Wildman–Crippen MR) is 94.1 cm³/mol. The van der Waals surface area contributed by atoms with E-state index in [1.54, 1.807) is 20.8 Å². The number of anilines is 1. The molecule has 0 unspecified atom stereocenters. The summed E-state index contributed by atoms with van der Waals surface area (Å²) in [5.74, 6) is -6.89. The minimum Gasteiger partial charge on any atom is -0.346 e. The zero-order valence-corrected chi connectivity index (χ0v) is 15.7. The lowest BCUT2D eigenvalue weighted by Gasteiger charge is -2.24. The third-order valence-electron chi connectivity index (χ3n) is 3.57. The van der Waals surface area contributed by atoms with Crippen molar-refractivity contribution < 1.29 is 22.8 Å². The second-order valence-electron chi connectivity index (χ2n) is 7.26. The molecular weight excluding hydrogens is 361 g/mol. The molecule has 0 aliphatic carbocycles. The van der Waals surface area contributed by atoms with E-state index in [1.165, 1.54) is 26.1 Å². The Morgan fingerprint density at radius 3 is 2.37 bits per heavy atom. The van der Waals surface area contributed by atoms with Crippen molar-refractivity contribution >= 4 is 17.5 Å². The smallest absolute Gasteiger partial charge is 0.346 e. The zero-order valence-electron chi connectivity index (χ0n) is 15.7. The van der Waals surface area contributed by atoms with E-state index in [9.17, 15) is 22.8 Å². The van der Waals surface area contributed by atoms with Crippen LogP contribution < -0.4 is 10.6 Å². The van der Waals surface area contributed by atoms with Gasteiger partial charge in [-0.15, -0.1) is 0 Å². The van der Waals surface area contributed by atoms with Crippen LogP contribution in [0.4, 0.5) is 18.9 Å². The van der Waals surface area contributed by atoms with Crippen LogP contribution in [0.25, 0.3) is 0 Å². The number of nitrogens with zero attached hydrogens (tertiary/aromatic N) is 2. The van der Waals surface area contributed by atoms with Gasteiger partial charge in [0.15, 0.2) is 5.69 Å². The van der Waals surface area contributed by atoms with Crippen molar-refractivity contribution in [2.45, 2.75) is 39.2 Å². The van der Waals surface area contributed by atoms with Crippen molar-refractivity contribution in [2.24, 2.45) is 7.05 Å². The molecule has 27 heavy (non-hydrogen) atoms. The van der Waals surface area contributed by atoms with E-state index in [1.807, 2.05) is 0 Å². The van der Waals surface area contributed by atoms with Crippen molar-refractivity contribution in [3.63, 3.8) is 0 Å². The summed E-state index contributed by atoms with van der Waals surface area (Å²) in [6.45, 7) is 6.19. The number of hydrogen-bond donors (Lipinski definition) is 2. The van der Waals surface area contributed by atoms with Crippen molar-refractivity contribution in [1.82, 2.24) is 15.1 Å². The van der Waals surface area contributed by atoms with Crippen molar-refractivity contribution in [1.29, 1.82) is 0 Å². The lowest BCUT2D eigenvalue weighted by atomic mass is 10.0. The van der Waals surface area contributed by atoms with Crippen LogP contribution in [0.15, 0.2) is 24.4 Å². The van der Waals surface area contributed by atoms with Gasteiger partial charge in [-0.05, 0) is 51.5 Å². The van der Waals surface area contributed by atoms with E-state index in [0.29, 0.717) is 0 Å². The van der Waals surface area contributed by atoms with Crippen molar-refractivity contribution in [3.05, 3.63) is 47.0 Å². The fraction of sp³-hybridized carbons (Fsp3) is 0.389. The van der Waals surface area contributed by atoms with Gasteiger partial charge in [0.05, 0.1) is 5.56 Å². The highest BCUT2D eigenvalue weighted by atomic mass is 19.3. The Balaban J connectivity index is 2.34. The van der Waals surface area contributed by atoms with Gasteiger partial charge in [0.1, 0.15) is 5.82 Å². The number of rotatable bonds is 4. The average Bonchev–Trinajstić information content (AvgIpc) is 2.92. The minimum absolute atomic E-state index is 0.220. The van der Waals surface area contributed by atoms with Gasteiger partial charge in [0.2, 0.25) is 0 Å². The Kier molecular flexibility index (Phi) is 5.35. The number of hydrogen-bond acceptors (Lipinski definition) is 3. The summed E-state index contributed by atoms with van der Waals surface area (Å²) in [5, 5.41) is 8.35. The second-order valence-corrected chi connectivity index (χ2v) is 7.26. The van der Waals surface area contributed by atoms with Crippen LogP contribution in [0.3, 0.4) is 0 Å². The summed E-state index contributed by atoms with van der Waals surface area (Å²) in [6.07, 6.45) is 0.924. The topological polar surface area (TPSA) is 76.0 Å². The van der Waals surface area contributed by atoms with Gasteiger partial charge in [-0.1, -0.05) is 0 Å². The van der Waals surface area contributed by atoms with Crippen LogP contribution in [0.2, 0.25) is 0 Å². The maximum atomic E-state index is 14.7. The Labute approximate surface area is 154 Å². The lowest BCUT2D eigenvalue weighted by molar-refractivity contribution is -0.148. The molecule has 0 spiro atoms. The van der Waals surface area contributed by atoms with Gasteiger partial charge < -0.3 is 10.6 Å². The molecule has 0 bridgehead atoms. The van der Waals surface area contributed by atoms with Crippen LogP contribution in [0.5, 0.6) is 0 Å². The molecule has 146 valence electrons. The molecule has 1 aromatic carbocycles. The molecule has 0 saturated carbocycles. The molecule has 2 N–H and O–H groups in total. The molecule has 0 fully saturated rings. The zero-order chi connectivity index (χ0) is 20.6. The summed E-state index contributed by atoms with van der Waals surface area (Å²) in [7, 11) is 1.36. The number of alkyl halides is 2. The minimum atomic E-state index is -3.97. The third-order valence-corrected chi connectivity index (χ3v) is 3.57. The van der Waals surface area contributed by atoms with E-state index >= 15 is 0 Å². The van der Waals surface area contributed by atoms with Crippen molar-refractivity contribution in [3.8, 4) is 0 Å². The van der Waals surface area contributed by atoms with Crippen LogP contribution >= 0.6 is 0 Å². The highest BCUT2D eigenvalue weighted by molar-refractivity contribution is 6.05. The first kappa shape index (κ1) is 20.5. The van der Waals surface area contributed by atoms with Gasteiger partial charge in [-0.25, -0.2) is 4.39 Å². The van der Waals surface area contributed by atoms with Gasteiger partial charge in [-0.2, -0.15) is 13.9 Å². The summed E-state index contributed by atoms with van der Waals surface area (Å²) < 4.78 is 43.7. The summed E-state index contributed by atoms with van der Waals surface area (Å²) in [4.78, 5) is 24.5. The summed E-state index contributed by atoms with van der Waals surface area (Å²) >= 11 is 0. The number of nitrogens with one attached hydrogen (secondary N) is 2. The van der Waals surface area contributed by atoms with Gasteiger partial charge in [0.25, 0.3) is 11.8 Å². The predicted octanol–water partition coefficient (Wildman–Crippen LogP) is 3.13. The molecule has 1 aromatic heterocycles. The SMILES string of the molecule is Cc1cc(NC(=O)c2nn(C)cc2C(F)(F)C(=O)NC(C)(C)C)ccc1F. The third kappa shape index (κ3) is 4.66. The quantitative estimate of drug-likeness (QED) is 0.853. The summed E-state index contributed by atoms with van der Waals surface area (Å²) in [6, 6.07) is 3.81. The number of carbonyl (C=O) groups excluding carboxylic acids is 2. The van der Waals surface area contributed by atoms with Gasteiger partial charge in [0, 0.05) is 24.5 Å². The van der Waals surface area contributed by atoms with E-state index < -0.39 is 40.4 Å². The van der Waals surface area contributed by atoms with E-state index in [0.717, 1.165) is 16.9 Å². The van der Waals surface area contributed by atoms with Crippen LogP contribution in [0.1, 0.15) is 42.4 Å². The number of benzene rings is 1. The number of amides is 2. The Morgan fingerprint density at radius 1 is 1.19 bits per heavy atom. The number of carbonyl (C=O) groups is 2. The first-order valence-electron chi connectivity index (χ1n) is 8.13. The number of halogens is 3. The molecule has 0 saturated heterocycles. The standard InChI is InChI=1S/C18H21F3N4O2/c1-10-8-11(6-7-13(10)19)22-15(26)14-12(9-25(5)24-14)18(20,21)16(27)23-17(2,3)4/h6-9H,1-5H3,(H,22,26)(H,23,27). The normalized spacial score (nSPS) is 12.0. The van der Waals surface area contributed by atoms with E-state index in [-0.39, 0.29) is 11.3 Å². The van der Waals surface area contributed by atoms with E-state index in [2.05, 4.69) is 15.7 Å². The Morgan fingerprint density at radius 2 is 1.81 bits per heavy atom.